The van der Waals surface area contributed by atoms with Crippen LogP contribution in [0.3, 0.4) is 0 Å². The molecule has 5 heteroatoms. The lowest BCUT2D eigenvalue weighted by atomic mass is 10.0. The Morgan fingerprint density at radius 2 is 2.16 bits per heavy atom. The van der Waals surface area contributed by atoms with Gasteiger partial charge in [0.05, 0.1) is 0 Å². The van der Waals surface area contributed by atoms with Gasteiger partial charge < -0.3 is 10.2 Å². The van der Waals surface area contributed by atoms with E-state index in [0.29, 0.717) is 13.0 Å². The molecule has 0 saturated carbocycles. The van der Waals surface area contributed by atoms with Crippen molar-refractivity contribution in [1.29, 1.82) is 0 Å². The maximum atomic E-state index is 12.2. The summed E-state index contributed by atoms with van der Waals surface area (Å²) < 4.78 is 0. The number of pyridine rings is 1. The molecule has 5 nitrogen and oxygen atoms in total. The molecular formula is C14H19N3O2. The molecule has 0 radical (unpaired) electrons. The normalized spacial score (nSPS) is 23.4. The van der Waals surface area contributed by atoms with Gasteiger partial charge in [-0.3, -0.25) is 14.6 Å². The van der Waals surface area contributed by atoms with E-state index in [1.165, 1.54) is 0 Å². The lowest BCUT2D eigenvalue weighted by molar-refractivity contribution is -0.149. The van der Waals surface area contributed by atoms with Crippen molar-refractivity contribution in [3.63, 3.8) is 0 Å². The molecule has 19 heavy (non-hydrogen) atoms. The van der Waals surface area contributed by atoms with Crippen LogP contribution in [0.1, 0.15) is 31.4 Å². The van der Waals surface area contributed by atoms with Crippen molar-refractivity contribution in [3.05, 3.63) is 29.6 Å². The van der Waals surface area contributed by atoms with E-state index >= 15 is 0 Å². The van der Waals surface area contributed by atoms with Gasteiger partial charge in [0.25, 0.3) is 0 Å². The fourth-order valence-electron chi connectivity index (χ4n) is 2.35. The molecule has 1 fully saturated rings. The number of aryl methyl sites for hydroxylation is 1. The molecule has 0 bridgehead atoms. The Labute approximate surface area is 113 Å². The fraction of sp³-hybridized carbons (Fsp3) is 0.500. The summed E-state index contributed by atoms with van der Waals surface area (Å²) in [4.78, 5) is 29.9. The highest BCUT2D eigenvalue weighted by Gasteiger charge is 2.37. The third-order valence-corrected chi connectivity index (χ3v) is 3.57. The highest BCUT2D eigenvalue weighted by atomic mass is 16.2. The first kappa shape index (κ1) is 13.5. The number of nitrogens with one attached hydrogen (secondary N) is 1. The Bertz CT molecular complexity index is 501. The maximum Gasteiger partial charge on any atom is 0.245 e. The first-order valence-corrected chi connectivity index (χ1v) is 6.55. The Morgan fingerprint density at radius 3 is 2.79 bits per heavy atom. The monoisotopic (exact) mass is 261 g/mol. The second kappa shape index (κ2) is 5.38. The van der Waals surface area contributed by atoms with Gasteiger partial charge in [-0.15, -0.1) is 0 Å². The number of nitrogens with zero attached hydrogens (tertiary/aromatic N) is 2. The van der Waals surface area contributed by atoms with E-state index in [2.05, 4.69) is 10.3 Å². The minimum absolute atomic E-state index is 0.0327. The van der Waals surface area contributed by atoms with Crippen LogP contribution in [-0.2, 0) is 16.1 Å². The lowest BCUT2D eigenvalue weighted by Gasteiger charge is -2.37. The lowest BCUT2D eigenvalue weighted by Crippen LogP contribution is -2.61. The van der Waals surface area contributed by atoms with Crippen molar-refractivity contribution in [2.24, 2.45) is 0 Å². The summed E-state index contributed by atoms with van der Waals surface area (Å²) in [6.07, 6.45) is 4.10. The molecule has 2 unspecified atom stereocenters. The van der Waals surface area contributed by atoms with Crippen LogP contribution in [0.15, 0.2) is 18.5 Å². The maximum absolute atomic E-state index is 12.2. The summed E-state index contributed by atoms with van der Waals surface area (Å²) in [7, 11) is 0. The summed E-state index contributed by atoms with van der Waals surface area (Å²) in [5.41, 5.74) is 2.06. The van der Waals surface area contributed by atoms with E-state index in [1.807, 2.05) is 19.9 Å². The average Bonchev–Trinajstić information content (AvgIpc) is 2.38. The van der Waals surface area contributed by atoms with Gasteiger partial charge in [-0.25, -0.2) is 0 Å². The third-order valence-electron chi connectivity index (χ3n) is 3.57. The number of piperazine rings is 1. The average molecular weight is 261 g/mol. The summed E-state index contributed by atoms with van der Waals surface area (Å²) >= 11 is 0. The summed E-state index contributed by atoms with van der Waals surface area (Å²) in [5, 5.41) is 2.71. The van der Waals surface area contributed by atoms with E-state index in [1.54, 1.807) is 24.2 Å². The number of carbonyl (C=O) groups is 2. The van der Waals surface area contributed by atoms with Gasteiger partial charge in [-0.1, -0.05) is 6.92 Å². The molecule has 2 rings (SSSR count). The highest BCUT2D eigenvalue weighted by Crippen LogP contribution is 2.18. The predicted octanol–water partition coefficient (Wildman–Crippen LogP) is 1.02. The first-order chi connectivity index (χ1) is 9.04. The van der Waals surface area contributed by atoms with Gasteiger partial charge in [0.1, 0.15) is 12.1 Å². The third kappa shape index (κ3) is 2.59. The number of carbonyl (C=O) groups excluding carboxylic acids is 2. The Hall–Kier alpha value is -1.91. The largest absolute Gasteiger partial charge is 0.343 e. The fourth-order valence-corrected chi connectivity index (χ4v) is 2.35. The van der Waals surface area contributed by atoms with Gasteiger partial charge in [-0.05, 0) is 37.5 Å². The van der Waals surface area contributed by atoms with Gasteiger partial charge >= 0.3 is 0 Å². The minimum Gasteiger partial charge on any atom is -0.343 e. The number of hydrogen-bond acceptors (Lipinski definition) is 3. The summed E-state index contributed by atoms with van der Waals surface area (Å²) in [6, 6.07) is 1.07. The van der Waals surface area contributed by atoms with Crippen LogP contribution in [0.4, 0.5) is 0 Å². The van der Waals surface area contributed by atoms with Crippen LogP contribution in [0.5, 0.6) is 0 Å². The van der Waals surface area contributed by atoms with Crippen LogP contribution in [0.25, 0.3) is 0 Å². The Balaban J connectivity index is 2.27. The van der Waals surface area contributed by atoms with Crippen molar-refractivity contribution < 1.29 is 9.59 Å². The Morgan fingerprint density at radius 1 is 1.42 bits per heavy atom. The number of aromatic nitrogens is 1. The van der Waals surface area contributed by atoms with E-state index in [9.17, 15) is 9.59 Å². The molecule has 102 valence electrons. The molecule has 0 aliphatic carbocycles. The van der Waals surface area contributed by atoms with Crippen LogP contribution in [0.2, 0.25) is 0 Å². The van der Waals surface area contributed by atoms with Crippen molar-refractivity contribution >= 4 is 11.8 Å². The van der Waals surface area contributed by atoms with Gasteiger partial charge in [-0.2, -0.15) is 0 Å². The SMILES string of the molecule is CCC1C(=O)NC(C)C(=O)N1Cc1cnccc1C. The second-order valence-corrected chi connectivity index (χ2v) is 4.92. The molecule has 1 aromatic rings. The van der Waals surface area contributed by atoms with Gasteiger partial charge in [0, 0.05) is 18.9 Å². The molecule has 1 aliphatic heterocycles. The zero-order valence-corrected chi connectivity index (χ0v) is 11.5. The van der Waals surface area contributed by atoms with E-state index in [4.69, 9.17) is 0 Å². The van der Waals surface area contributed by atoms with Gasteiger partial charge in [0.2, 0.25) is 11.8 Å². The Kier molecular flexibility index (Phi) is 3.83. The number of amides is 2. The molecule has 2 amide bonds. The topological polar surface area (TPSA) is 62.3 Å². The molecule has 2 atom stereocenters. The molecule has 0 spiro atoms. The molecule has 1 saturated heterocycles. The zero-order chi connectivity index (χ0) is 14.0. The van der Waals surface area contributed by atoms with Crippen molar-refractivity contribution in [2.45, 2.75) is 45.8 Å². The standard InChI is InChI=1S/C14H19N3O2/c1-4-12-13(18)16-10(3)14(19)17(12)8-11-7-15-6-5-9(11)2/h5-7,10,12H,4,8H2,1-3H3,(H,16,18). The van der Waals surface area contributed by atoms with Gasteiger partial charge in [0.15, 0.2) is 0 Å². The van der Waals surface area contributed by atoms with E-state index in [0.717, 1.165) is 11.1 Å². The summed E-state index contributed by atoms with van der Waals surface area (Å²) in [5.74, 6) is -0.106. The van der Waals surface area contributed by atoms with Crippen molar-refractivity contribution in [1.82, 2.24) is 15.2 Å². The van der Waals surface area contributed by atoms with Crippen molar-refractivity contribution in [3.8, 4) is 0 Å². The second-order valence-electron chi connectivity index (χ2n) is 4.92. The molecule has 2 heterocycles. The van der Waals surface area contributed by atoms with E-state index < -0.39 is 6.04 Å². The first-order valence-electron chi connectivity index (χ1n) is 6.55. The number of rotatable bonds is 3. The van der Waals surface area contributed by atoms with Crippen molar-refractivity contribution in [2.75, 3.05) is 0 Å². The predicted molar refractivity (Wildman–Crippen MR) is 71.2 cm³/mol. The van der Waals surface area contributed by atoms with Crippen LogP contribution >= 0.6 is 0 Å². The minimum atomic E-state index is -0.452. The summed E-state index contributed by atoms with van der Waals surface area (Å²) in [6.45, 7) is 6.05. The van der Waals surface area contributed by atoms with Crippen LogP contribution in [-0.4, -0.2) is 33.8 Å². The zero-order valence-electron chi connectivity index (χ0n) is 11.5. The highest BCUT2D eigenvalue weighted by molar-refractivity contribution is 5.96. The quantitative estimate of drug-likeness (QED) is 0.883. The molecule has 1 N–H and O–H groups in total. The molecule has 1 aromatic heterocycles. The van der Waals surface area contributed by atoms with Crippen LogP contribution in [0, 0.1) is 6.92 Å². The molecule has 1 aliphatic rings. The number of hydrogen-bond donors (Lipinski definition) is 1. The van der Waals surface area contributed by atoms with E-state index in [-0.39, 0.29) is 17.9 Å². The van der Waals surface area contributed by atoms with Crippen LogP contribution < -0.4 is 5.32 Å². The molecular weight excluding hydrogens is 242 g/mol. The molecule has 0 aromatic carbocycles. The smallest absolute Gasteiger partial charge is 0.245 e.